The van der Waals surface area contributed by atoms with E-state index in [0.29, 0.717) is 5.92 Å². The molecule has 0 radical (unpaired) electrons. The molecule has 22 heavy (non-hydrogen) atoms. The number of aromatic nitrogens is 2. The predicted octanol–water partition coefficient (Wildman–Crippen LogP) is 1.96. The highest BCUT2D eigenvalue weighted by atomic mass is 32.1. The first kappa shape index (κ1) is 13.7. The van der Waals surface area contributed by atoms with Crippen molar-refractivity contribution in [2.45, 2.75) is 25.3 Å². The van der Waals surface area contributed by atoms with Gasteiger partial charge in [0.05, 0.1) is 6.04 Å². The lowest BCUT2D eigenvalue weighted by atomic mass is 10.1. The highest BCUT2D eigenvalue weighted by Crippen LogP contribution is 2.50. The molecule has 2 aromatic rings. The molecule has 6 heteroatoms. The fourth-order valence-electron chi connectivity index (χ4n) is 3.07. The van der Waals surface area contributed by atoms with Gasteiger partial charge in [0, 0.05) is 36.0 Å². The van der Waals surface area contributed by atoms with Gasteiger partial charge in [0.25, 0.3) is 0 Å². The Bertz CT molecular complexity index is 680. The van der Waals surface area contributed by atoms with Crippen LogP contribution >= 0.6 is 11.3 Å². The summed E-state index contributed by atoms with van der Waals surface area (Å²) in [5.74, 6) is 1.76. The van der Waals surface area contributed by atoms with Crippen LogP contribution in [-0.4, -0.2) is 35.0 Å². The summed E-state index contributed by atoms with van der Waals surface area (Å²) in [5, 5.41) is 5.28. The number of aryl methyl sites for hydroxylation is 1. The van der Waals surface area contributed by atoms with Crippen LogP contribution in [0.1, 0.15) is 22.8 Å². The van der Waals surface area contributed by atoms with Crippen LogP contribution in [0.2, 0.25) is 0 Å². The number of hydrogen-bond donors (Lipinski definition) is 1. The average Bonchev–Trinajstić information content (AvgIpc) is 3.18. The van der Waals surface area contributed by atoms with Gasteiger partial charge in [-0.15, -0.1) is 11.3 Å². The van der Waals surface area contributed by atoms with Crippen molar-refractivity contribution >= 4 is 23.1 Å². The van der Waals surface area contributed by atoms with Crippen LogP contribution in [0.4, 0.5) is 5.82 Å². The zero-order valence-corrected chi connectivity index (χ0v) is 13.2. The number of rotatable bonds is 4. The van der Waals surface area contributed by atoms with Crippen molar-refractivity contribution in [1.29, 1.82) is 0 Å². The minimum atomic E-state index is 0.172. The first-order valence-corrected chi connectivity index (χ1v) is 8.45. The van der Waals surface area contributed by atoms with Gasteiger partial charge in [0.2, 0.25) is 5.91 Å². The van der Waals surface area contributed by atoms with Gasteiger partial charge in [-0.2, -0.15) is 0 Å². The molecule has 1 saturated carbocycles. The Labute approximate surface area is 133 Å². The van der Waals surface area contributed by atoms with Crippen LogP contribution in [0, 0.1) is 12.8 Å². The third-order valence-corrected chi connectivity index (χ3v) is 5.63. The topological polar surface area (TPSA) is 58.1 Å². The van der Waals surface area contributed by atoms with E-state index >= 15 is 0 Å². The van der Waals surface area contributed by atoms with Crippen LogP contribution in [-0.2, 0) is 4.79 Å². The molecule has 3 heterocycles. The van der Waals surface area contributed by atoms with Crippen LogP contribution in [0.15, 0.2) is 30.0 Å². The molecule has 2 atom stereocenters. The number of anilines is 1. The zero-order valence-electron chi connectivity index (χ0n) is 12.4. The summed E-state index contributed by atoms with van der Waals surface area (Å²) in [5.41, 5.74) is 1.32. The predicted molar refractivity (Wildman–Crippen MR) is 86.1 cm³/mol. The van der Waals surface area contributed by atoms with E-state index in [2.05, 4.69) is 38.6 Å². The Morgan fingerprint density at radius 2 is 2.27 bits per heavy atom. The monoisotopic (exact) mass is 314 g/mol. The molecule has 1 N–H and O–H groups in total. The number of nitrogens with zero attached hydrogens (tertiary/aromatic N) is 3. The highest BCUT2D eigenvalue weighted by molar-refractivity contribution is 7.10. The summed E-state index contributed by atoms with van der Waals surface area (Å²) in [6, 6.07) is 4.28. The van der Waals surface area contributed by atoms with Crippen molar-refractivity contribution in [1.82, 2.24) is 15.3 Å². The van der Waals surface area contributed by atoms with Crippen molar-refractivity contribution < 1.29 is 4.79 Å². The average molecular weight is 314 g/mol. The molecule has 114 valence electrons. The Morgan fingerprint density at radius 3 is 2.95 bits per heavy atom. The van der Waals surface area contributed by atoms with Crippen molar-refractivity contribution in [3.05, 3.63) is 40.5 Å². The summed E-state index contributed by atoms with van der Waals surface area (Å²) in [4.78, 5) is 24.0. The van der Waals surface area contributed by atoms with Crippen LogP contribution in [0.3, 0.4) is 0 Å². The second-order valence-corrected chi connectivity index (χ2v) is 7.04. The summed E-state index contributed by atoms with van der Waals surface area (Å²) in [6.07, 6.45) is 4.29. The molecule has 1 aliphatic heterocycles. The van der Waals surface area contributed by atoms with E-state index in [4.69, 9.17) is 0 Å². The van der Waals surface area contributed by atoms with E-state index in [1.54, 1.807) is 23.9 Å². The molecule has 5 nitrogen and oxygen atoms in total. The van der Waals surface area contributed by atoms with E-state index in [-0.39, 0.29) is 17.9 Å². The van der Waals surface area contributed by atoms with E-state index in [0.717, 1.165) is 25.3 Å². The summed E-state index contributed by atoms with van der Waals surface area (Å²) >= 11 is 1.78. The number of nitrogens with one attached hydrogen (secondary N) is 1. The normalized spacial score (nSPS) is 24.0. The minimum Gasteiger partial charge on any atom is -0.352 e. The van der Waals surface area contributed by atoms with Gasteiger partial charge in [0.1, 0.15) is 12.1 Å². The van der Waals surface area contributed by atoms with Crippen LogP contribution in [0.25, 0.3) is 0 Å². The molecule has 1 saturated heterocycles. The molecule has 0 aromatic carbocycles. The van der Waals surface area contributed by atoms with E-state index in [9.17, 15) is 4.79 Å². The first-order chi connectivity index (χ1) is 10.7. The second kappa shape index (κ2) is 5.35. The largest absolute Gasteiger partial charge is 0.352 e. The smallest absolute Gasteiger partial charge is 0.224 e. The molecule has 0 bridgehead atoms. The quantitative estimate of drug-likeness (QED) is 0.937. The molecular weight excluding hydrogens is 296 g/mol. The van der Waals surface area contributed by atoms with Gasteiger partial charge < -0.3 is 10.2 Å². The number of thiophene rings is 1. The lowest BCUT2D eigenvalue weighted by molar-refractivity contribution is -0.123. The molecule has 2 unspecified atom stereocenters. The molecule has 0 spiro atoms. The van der Waals surface area contributed by atoms with E-state index in [1.165, 1.54) is 10.4 Å². The zero-order chi connectivity index (χ0) is 15.1. The minimum absolute atomic E-state index is 0.172. The van der Waals surface area contributed by atoms with Crippen molar-refractivity contribution in [3.63, 3.8) is 0 Å². The summed E-state index contributed by atoms with van der Waals surface area (Å²) in [7, 11) is 0. The number of amides is 1. The third-order valence-electron chi connectivity index (χ3n) is 4.48. The maximum absolute atomic E-state index is 12.3. The Kier molecular flexibility index (Phi) is 3.33. The van der Waals surface area contributed by atoms with Gasteiger partial charge in [0.15, 0.2) is 0 Å². The molecule has 1 aliphatic carbocycles. The summed E-state index contributed by atoms with van der Waals surface area (Å²) < 4.78 is 0. The maximum Gasteiger partial charge on any atom is 0.224 e. The lowest BCUT2D eigenvalue weighted by Gasteiger charge is -2.40. The van der Waals surface area contributed by atoms with Gasteiger partial charge >= 0.3 is 0 Å². The standard InChI is InChI=1S/C16H18N4OS/c1-10-3-5-22-15(10)12-6-13(12)16(21)19-11-7-20(8-11)14-2-4-17-9-18-14/h2-5,9,11-13H,6-8H2,1H3,(H,19,21). The molecular formula is C16H18N4OS. The van der Waals surface area contributed by atoms with Crippen LogP contribution < -0.4 is 10.2 Å². The van der Waals surface area contributed by atoms with E-state index in [1.807, 2.05) is 6.07 Å². The number of hydrogen-bond acceptors (Lipinski definition) is 5. The molecule has 1 amide bonds. The van der Waals surface area contributed by atoms with Gasteiger partial charge in [-0.1, -0.05) is 0 Å². The van der Waals surface area contributed by atoms with Crippen molar-refractivity contribution in [2.24, 2.45) is 5.92 Å². The van der Waals surface area contributed by atoms with Gasteiger partial charge in [-0.05, 0) is 36.4 Å². The Hall–Kier alpha value is -1.95. The van der Waals surface area contributed by atoms with Crippen LogP contribution in [0.5, 0.6) is 0 Å². The van der Waals surface area contributed by atoms with Gasteiger partial charge in [-0.3, -0.25) is 4.79 Å². The fraction of sp³-hybridized carbons (Fsp3) is 0.438. The summed E-state index contributed by atoms with van der Waals surface area (Å²) in [6.45, 7) is 3.79. The fourth-order valence-corrected chi connectivity index (χ4v) is 4.18. The Balaban J connectivity index is 1.28. The van der Waals surface area contributed by atoms with Crippen molar-refractivity contribution in [3.8, 4) is 0 Å². The number of carbonyl (C=O) groups excluding carboxylic acids is 1. The molecule has 4 rings (SSSR count). The highest BCUT2D eigenvalue weighted by Gasteiger charge is 2.46. The SMILES string of the molecule is Cc1ccsc1C1CC1C(=O)NC1CN(c2ccncn2)C1. The molecule has 2 aliphatic rings. The van der Waals surface area contributed by atoms with E-state index < -0.39 is 0 Å². The number of carbonyl (C=O) groups is 1. The van der Waals surface area contributed by atoms with Gasteiger partial charge in [-0.25, -0.2) is 9.97 Å². The molecule has 2 fully saturated rings. The second-order valence-electron chi connectivity index (χ2n) is 6.09. The first-order valence-electron chi connectivity index (χ1n) is 7.57. The Morgan fingerprint density at radius 1 is 1.41 bits per heavy atom. The molecule has 2 aromatic heterocycles. The third kappa shape index (κ3) is 2.47. The lowest BCUT2D eigenvalue weighted by Crippen LogP contribution is -2.60. The maximum atomic E-state index is 12.3. The van der Waals surface area contributed by atoms with Crippen molar-refractivity contribution in [2.75, 3.05) is 18.0 Å².